The summed E-state index contributed by atoms with van der Waals surface area (Å²) in [7, 11) is 3.28. The van der Waals surface area contributed by atoms with Crippen molar-refractivity contribution in [2.75, 3.05) is 53.9 Å². The van der Waals surface area contributed by atoms with E-state index in [1.54, 1.807) is 25.9 Å². The predicted octanol–water partition coefficient (Wildman–Crippen LogP) is 13.9. The average molecular weight is 1010 g/mol. The van der Waals surface area contributed by atoms with E-state index in [0.29, 0.717) is 56.2 Å². The summed E-state index contributed by atoms with van der Waals surface area (Å²) < 4.78 is 43.2. The standard InChI is InChI=1S/C27H36O4.2C16H22O4.C2H6/c28-16-22-6-10-24(11-7-22)19-31-27-13-12-26(15-25(27)17-29)30-18-23-8-4-21(5-9-23)14-20-2-1-3-20;2*1-3-16(17)20-13-7-5-4-6-12-19-15-10-8-14(18-2)9-11-15;1-2/h12-17,21-24H,1-11,18-19H2;2*3,8-11H,1,4-7,12-13H2,2H3;1-2H3. The van der Waals surface area contributed by atoms with Crippen molar-refractivity contribution < 1.29 is 57.1 Å². The number of methoxy groups -OCH3 is 2. The Morgan fingerprint density at radius 1 is 0.521 bits per heavy atom. The molecule has 0 N–H and O–H groups in total. The van der Waals surface area contributed by atoms with E-state index < -0.39 is 0 Å². The summed E-state index contributed by atoms with van der Waals surface area (Å²) in [5.41, 5.74) is 2.23. The second kappa shape index (κ2) is 38.6. The second-order valence-electron chi connectivity index (χ2n) is 18.4. The SMILES string of the molecule is C=CC(=O)OCCCCCCOc1ccc(OC)cc1.C=CC(=O)OCCCCCCOc1ccc(OC)cc1.CC.O=Cc1cc(OCC2CCC(C=C3CCC3)CC2)ccc1OCC1CCC(C=O)CC1. The highest BCUT2D eigenvalue weighted by Gasteiger charge is 2.23. The number of esters is 2. The third kappa shape index (κ3) is 26.5. The van der Waals surface area contributed by atoms with Crippen molar-refractivity contribution in [1.29, 1.82) is 0 Å². The molecule has 0 unspecified atom stereocenters. The number of hydrogen-bond donors (Lipinski definition) is 0. The first-order chi connectivity index (χ1) is 35.7. The van der Waals surface area contributed by atoms with Gasteiger partial charge in [0.2, 0.25) is 0 Å². The van der Waals surface area contributed by atoms with Crippen LogP contribution in [0.15, 0.2) is 104 Å². The zero-order chi connectivity index (χ0) is 52.7. The Hall–Kier alpha value is -6.04. The van der Waals surface area contributed by atoms with Crippen LogP contribution in [-0.2, 0) is 23.9 Å². The molecule has 0 amide bonds. The molecule has 3 aromatic rings. The van der Waals surface area contributed by atoms with Gasteiger partial charge in [0, 0.05) is 18.1 Å². The van der Waals surface area contributed by atoms with Gasteiger partial charge in [-0.2, -0.15) is 0 Å². The third-order valence-electron chi connectivity index (χ3n) is 13.1. The minimum atomic E-state index is -0.354. The van der Waals surface area contributed by atoms with Crippen LogP contribution >= 0.6 is 0 Å². The second-order valence-corrected chi connectivity index (χ2v) is 18.4. The summed E-state index contributed by atoms with van der Waals surface area (Å²) >= 11 is 0. The Morgan fingerprint density at radius 2 is 0.945 bits per heavy atom. The summed E-state index contributed by atoms with van der Waals surface area (Å²) in [4.78, 5) is 44.1. The first kappa shape index (κ1) is 61.3. The fourth-order valence-corrected chi connectivity index (χ4v) is 8.46. The van der Waals surface area contributed by atoms with E-state index in [9.17, 15) is 19.2 Å². The van der Waals surface area contributed by atoms with Gasteiger partial charge in [-0.05, 0) is 206 Å². The Labute approximate surface area is 437 Å². The molecular weight excluding hydrogens is 925 g/mol. The van der Waals surface area contributed by atoms with Crippen LogP contribution in [0.3, 0.4) is 0 Å². The molecule has 0 saturated heterocycles. The van der Waals surface area contributed by atoms with Gasteiger partial charge in [0.25, 0.3) is 0 Å². The van der Waals surface area contributed by atoms with E-state index in [0.717, 1.165) is 131 Å². The van der Waals surface area contributed by atoms with E-state index in [-0.39, 0.29) is 17.9 Å². The molecule has 402 valence electrons. The molecule has 0 bridgehead atoms. The monoisotopic (exact) mass is 1010 g/mol. The van der Waals surface area contributed by atoms with Crippen molar-refractivity contribution >= 4 is 24.5 Å². The molecule has 0 aliphatic heterocycles. The Balaban J connectivity index is 0.000000296. The van der Waals surface area contributed by atoms with Crippen molar-refractivity contribution in [2.24, 2.45) is 23.7 Å². The molecule has 3 fully saturated rings. The van der Waals surface area contributed by atoms with Crippen LogP contribution in [0, 0.1) is 23.7 Å². The van der Waals surface area contributed by atoms with Gasteiger partial charge in [-0.25, -0.2) is 9.59 Å². The van der Waals surface area contributed by atoms with Gasteiger partial charge >= 0.3 is 11.9 Å². The molecule has 3 aliphatic rings. The summed E-state index contributed by atoms with van der Waals surface area (Å²) in [6.45, 7) is 14.3. The molecule has 0 atom stereocenters. The number of aldehydes is 2. The van der Waals surface area contributed by atoms with Gasteiger partial charge in [0.1, 0.15) is 40.8 Å². The van der Waals surface area contributed by atoms with Crippen molar-refractivity contribution in [3.8, 4) is 34.5 Å². The van der Waals surface area contributed by atoms with E-state index >= 15 is 0 Å². The highest BCUT2D eigenvalue weighted by molar-refractivity contribution is 5.81. The number of allylic oxidation sites excluding steroid dienone is 2. The number of unbranched alkanes of at least 4 members (excludes halogenated alkanes) is 6. The Morgan fingerprint density at radius 3 is 1.36 bits per heavy atom. The van der Waals surface area contributed by atoms with Gasteiger partial charge in [-0.1, -0.05) is 38.7 Å². The lowest BCUT2D eigenvalue weighted by molar-refractivity contribution is -0.138. The van der Waals surface area contributed by atoms with Crippen LogP contribution in [0.1, 0.15) is 146 Å². The molecule has 3 aliphatic carbocycles. The molecule has 0 spiro atoms. The zero-order valence-corrected chi connectivity index (χ0v) is 44.5. The van der Waals surface area contributed by atoms with Gasteiger partial charge in [-0.15, -0.1) is 0 Å². The van der Waals surface area contributed by atoms with Crippen molar-refractivity contribution in [3.05, 3.63) is 109 Å². The first-order valence-corrected chi connectivity index (χ1v) is 26.9. The average Bonchev–Trinajstić information content (AvgIpc) is 3.43. The molecule has 6 rings (SSSR count). The molecule has 3 saturated carbocycles. The first-order valence-electron chi connectivity index (χ1n) is 26.9. The van der Waals surface area contributed by atoms with E-state index in [1.165, 1.54) is 57.1 Å². The summed E-state index contributed by atoms with van der Waals surface area (Å²) in [5, 5.41) is 0. The number of carbonyl (C=O) groups is 4. The molecule has 0 radical (unpaired) electrons. The summed E-state index contributed by atoms with van der Waals surface area (Å²) in [6.07, 6.45) is 27.7. The summed E-state index contributed by atoms with van der Waals surface area (Å²) in [6, 6.07) is 20.7. The lowest BCUT2D eigenvalue weighted by Crippen LogP contribution is -2.21. The highest BCUT2D eigenvalue weighted by atomic mass is 16.5. The molecule has 0 heterocycles. The molecule has 3 aromatic carbocycles. The van der Waals surface area contributed by atoms with Crippen LogP contribution in [0.2, 0.25) is 0 Å². The largest absolute Gasteiger partial charge is 0.497 e. The predicted molar refractivity (Wildman–Crippen MR) is 289 cm³/mol. The fourth-order valence-electron chi connectivity index (χ4n) is 8.46. The molecule has 12 heteroatoms. The fraction of sp³-hybridized carbons (Fsp3) is 0.541. The van der Waals surface area contributed by atoms with Crippen LogP contribution < -0.4 is 28.4 Å². The Kier molecular flexibility index (Phi) is 32.4. The summed E-state index contributed by atoms with van der Waals surface area (Å²) in [5.74, 6) is 6.08. The quantitative estimate of drug-likeness (QED) is 0.0215. The number of ether oxygens (including phenoxy) is 8. The molecule has 12 nitrogen and oxygen atoms in total. The normalized spacial score (nSPS) is 17.5. The van der Waals surface area contributed by atoms with Crippen molar-refractivity contribution in [2.45, 2.75) is 136 Å². The number of hydrogen-bond acceptors (Lipinski definition) is 12. The number of carbonyl (C=O) groups excluding carboxylic acids is 4. The van der Waals surface area contributed by atoms with E-state index in [2.05, 4.69) is 19.2 Å². The maximum atomic E-state index is 11.6. The molecule has 73 heavy (non-hydrogen) atoms. The topological polar surface area (TPSA) is 142 Å². The minimum absolute atomic E-state index is 0.216. The molecule has 0 aromatic heterocycles. The van der Waals surface area contributed by atoms with Crippen molar-refractivity contribution in [3.63, 3.8) is 0 Å². The van der Waals surface area contributed by atoms with E-state index in [1.807, 2.05) is 74.5 Å². The highest BCUT2D eigenvalue weighted by Crippen LogP contribution is 2.35. The van der Waals surface area contributed by atoms with Gasteiger partial charge in [0.15, 0.2) is 6.29 Å². The maximum Gasteiger partial charge on any atom is 0.330 e. The lowest BCUT2D eigenvalue weighted by atomic mass is 9.79. The maximum absolute atomic E-state index is 11.6. The minimum Gasteiger partial charge on any atom is -0.497 e. The van der Waals surface area contributed by atoms with Crippen LogP contribution in [0.4, 0.5) is 0 Å². The number of rotatable bonds is 29. The van der Waals surface area contributed by atoms with E-state index in [4.69, 9.17) is 37.9 Å². The number of benzene rings is 3. The Bertz CT molecular complexity index is 1930. The lowest BCUT2D eigenvalue weighted by Gasteiger charge is -2.28. The van der Waals surface area contributed by atoms with Gasteiger partial charge in [-0.3, -0.25) is 4.79 Å². The van der Waals surface area contributed by atoms with Crippen molar-refractivity contribution in [1.82, 2.24) is 0 Å². The zero-order valence-electron chi connectivity index (χ0n) is 44.5. The smallest absolute Gasteiger partial charge is 0.330 e. The molecular formula is C61H86O12. The van der Waals surface area contributed by atoms with Gasteiger partial charge in [0.05, 0.1) is 59.4 Å². The third-order valence-corrected chi connectivity index (χ3v) is 13.1. The van der Waals surface area contributed by atoms with Crippen LogP contribution in [0.5, 0.6) is 34.5 Å². The van der Waals surface area contributed by atoms with Crippen LogP contribution in [-0.4, -0.2) is 78.4 Å². The van der Waals surface area contributed by atoms with Crippen LogP contribution in [0.25, 0.3) is 0 Å². The van der Waals surface area contributed by atoms with Gasteiger partial charge < -0.3 is 42.7 Å².